The average Bonchev–Trinajstić information content (AvgIpc) is 2.91. The third kappa shape index (κ3) is 3.60. The van der Waals surface area contributed by atoms with Crippen molar-refractivity contribution in [1.82, 2.24) is 9.78 Å². The number of halogens is 7. The number of carbonyl (C=O) groups is 1. The molecule has 0 aliphatic heterocycles. The number of benzene rings is 2. The number of rotatable bonds is 3. The second-order valence-electron chi connectivity index (χ2n) is 5.60. The fourth-order valence-corrected chi connectivity index (χ4v) is 2.51. The molecule has 0 spiro atoms. The fraction of sp³-hybridized carbons (Fsp3) is 0.0588. The van der Waals surface area contributed by atoms with Crippen LogP contribution >= 0.6 is 0 Å². The van der Waals surface area contributed by atoms with Gasteiger partial charge in [-0.2, -0.15) is 9.78 Å². The van der Waals surface area contributed by atoms with E-state index in [2.05, 4.69) is 5.10 Å². The largest absolute Gasteiger partial charge is 0.493 e. The van der Waals surface area contributed by atoms with Gasteiger partial charge in [0.2, 0.25) is 11.7 Å². The van der Waals surface area contributed by atoms with E-state index in [0.29, 0.717) is 12.1 Å². The van der Waals surface area contributed by atoms with Gasteiger partial charge in [-0.1, -0.05) is 0 Å². The van der Waals surface area contributed by atoms with E-state index in [1.54, 1.807) is 0 Å². The van der Waals surface area contributed by atoms with E-state index in [4.69, 9.17) is 0 Å². The first-order chi connectivity index (χ1) is 13.0. The Kier molecular flexibility index (Phi) is 6.10. The molecule has 0 bridgehead atoms. The van der Waals surface area contributed by atoms with Crippen LogP contribution < -0.4 is 0 Å². The molecule has 0 saturated carbocycles. The van der Waals surface area contributed by atoms with Crippen molar-refractivity contribution in [3.05, 3.63) is 75.7 Å². The first-order valence-corrected chi connectivity index (χ1v) is 7.35. The zero-order chi connectivity index (χ0) is 20.9. The number of aromatic nitrogens is 2. The Morgan fingerprint density at radius 3 is 1.79 bits per heavy atom. The number of aryl methyl sites for hydroxylation is 1. The van der Waals surface area contributed by atoms with Crippen molar-refractivity contribution < 1.29 is 57.7 Å². The molecule has 1 N–H and O–H groups in total. The normalized spacial score (nSPS) is 10.8. The molecule has 1 aromatic heterocycles. The summed E-state index contributed by atoms with van der Waals surface area (Å²) in [6.45, 7) is 1.07. The van der Waals surface area contributed by atoms with Crippen LogP contribution in [0.1, 0.15) is 21.6 Å². The Hall–Kier alpha value is -2.85. The van der Waals surface area contributed by atoms with Crippen LogP contribution in [0.5, 0.6) is 5.88 Å². The van der Waals surface area contributed by atoms with Gasteiger partial charge in [0.05, 0.1) is 5.69 Å². The topological polar surface area (TPSA) is 55.1 Å². The molecule has 3 aromatic rings. The summed E-state index contributed by atoms with van der Waals surface area (Å²) in [4.78, 5) is 12.4. The van der Waals surface area contributed by atoms with E-state index >= 15 is 0 Å². The van der Waals surface area contributed by atoms with E-state index in [0.717, 1.165) is 6.92 Å². The minimum absolute atomic E-state index is 0. The monoisotopic (exact) mass is 467 g/mol. The molecule has 0 aliphatic carbocycles. The standard InChI is InChI=1S/C17H7F7N2O2.Cu/c1-5-11(16(27)6-2-7(18)12(22)8(19)3-6)17(28)26(25-5)15-13(23)9(20)4-10(21)14(15)24;/h2-4,28H,1H3;. The molecule has 12 heteroatoms. The van der Waals surface area contributed by atoms with E-state index in [-0.39, 0.29) is 27.8 Å². The molecule has 29 heavy (non-hydrogen) atoms. The molecule has 0 aliphatic rings. The maximum Gasteiger partial charge on any atom is 0.226 e. The minimum Gasteiger partial charge on any atom is -0.493 e. The second-order valence-corrected chi connectivity index (χ2v) is 5.60. The molecule has 0 amide bonds. The Morgan fingerprint density at radius 1 is 0.862 bits per heavy atom. The van der Waals surface area contributed by atoms with Crippen molar-refractivity contribution in [2.24, 2.45) is 0 Å². The second kappa shape index (κ2) is 7.88. The number of carbonyl (C=O) groups excluding carboxylic acids is 1. The molecule has 2 aromatic carbocycles. The van der Waals surface area contributed by atoms with E-state index in [1.165, 1.54) is 0 Å². The van der Waals surface area contributed by atoms with Crippen LogP contribution in [0.4, 0.5) is 30.7 Å². The Bertz CT molecular complexity index is 1100. The predicted molar refractivity (Wildman–Crippen MR) is 79.5 cm³/mol. The number of aromatic hydroxyl groups is 1. The predicted octanol–water partition coefficient (Wildman–Crippen LogP) is 4.09. The van der Waals surface area contributed by atoms with Crippen molar-refractivity contribution in [2.75, 3.05) is 0 Å². The summed E-state index contributed by atoms with van der Waals surface area (Å²) >= 11 is 0. The molecule has 0 atom stereocenters. The van der Waals surface area contributed by atoms with Crippen LogP contribution in [0.3, 0.4) is 0 Å². The number of nitrogens with zero attached hydrogens (tertiary/aromatic N) is 2. The van der Waals surface area contributed by atoms with Crippen LogP contribution in [0.25, 0.3) is 5.69 Å². The van der Waals surface area contributed by atoms with Gasteiger partial charge < -0.3 is 5.11 Å². The average molecular weight is 468 g/mol. The van der Waals surface area contributed by atoms with Gasteiger partial charge in [-0.3, -0.25) is 4.79 Å². The van der Waals surface area contributed by atoms with Crippen LogP contribution in [0.2, 0.25) is 0 Å². The molecular weight excluding hydrogens is 461 g/mol. The van der Waals surface area contributed by atoms with Gasteiger partial charge in [0.1, 0.15) is 11.3 Å². The summed E-state index contributed by atoms with van der Waals surface area (Å²) in [7, 11) is 0. The van der Waals surface area contributed by atoms with Crippen molar-refractivity contribution in [3.63, 3.8) is 0 Å². The number of ketones is 1. The van der Waals surface area contributed by atoms with Crippen molar-refractivity contribution in [2.45, 2.75) is 6.92 Å². The molecule has 3 rings (SSSR count). The summed E-state index contributed by atoms with van der Waals surface area (Å²) < 4.78 is 94.5. The molecule has 1 radical (unpaired) electrons. The molecule has 1 heterocycles. The van der Waals surface area contributed by atoms with Crippen LogP contribution in [0.15, 0.2) is 18.2 Å². The van der Waals surface area contributed by atoms with Crippen molar-refractivity contribution in [1.29, 1.82) is 0 Å². The first kappa shape index (κ1) is 22.4. The van der Waals surface area contributed by atoms with Gasteiger partial charge in [0, 0.05) is 28.7 Å². The smallest absolute Gasteiger partial charge is 0.226 e. The third-order valence-corrected chi connectivity index (χ3v) is 3.81. The summed E-state index contributed by atoms with van der Waals surface area (Å²) in [5.74, 6) is -15.2. The van der Waals surface area contributed by atoms with Crippen LogP contribution in [-0.4, -0.2) is 20.7 Å². The molecular formula is C17H7CuF7N2O2. The van der Waals surface area contributed by atoms with E-state index in [9.17, 15) is 40.6 Å². The van der Waals surface area contributed by atoms with Crippen molar-refractivity contribution in [3.8, 4) is 11.6 Å². The molecule has 0 saturated heterocycles. The molecule has 4 nitrogen and oxygen atoms in total. The quantitative estimate of drug-likeness (QED) is 0.208. The number of hydrogen-bond donors (Lipinski definition) is 1. The minimum atomic E-state index is -1.91. The van der Waals surface area contributed by atoms with Gasteiger partial charge >= 0.3 is 0 Å². The third-order valence-electron chi connectivity index (χ3n) is 3.81. The van der Waals surface area contributed by atoms with Gasteiger partial charge in [-0.25, -0.2) is 30.7 Å². The zero-order valence-electron chi connectivity index (χ0n) is 13.9. The summed E-state index contributed by atoms with van der Waals surface area (Å²) in [6.07, 6.45) is 0. The summed E-state index contributed by atoms with van der Waals surface area (Å²) in [5, 5.41) is 13.6. The Morgan fingerprint density at radius 2 is 1.31 bits per heavy atom. The number of hydrogen-bond acceptors (Lipinski definition) is 3. The molecule has 0 unspecified atom stereocenters. The van der Waals surface area contributed by atoms with Gasteiger partial charge in [0.25, 0.3) is 0 Å². The van der Waals surface area contributed by atoms with Gasteiger partial charge in [0.15, 0.2) is 40.7 Å². The van der Waals surface area contributed by atoms with Crippen LogP contribution in [0, 0.1) is 47.6 Å². The Labute approximate surface area is 168 Å². The maximum absolute atomic E-state index is 13.9. The summed E-state index contributed by atoms with van der Waals surface area (Å²) in [5.41, 5.74) is -3.36. The SMILES string of the molecule is Cc1nn(-c2c(F)c(F)cc(F)c2F)c(O)c1C(=O)c1cc(F)c(F)c(F)c1.[Cu]. The Balaban J connectivity index is 0.00000300. The van der Waals surface area contributed by atoms with Gasteiger partial charge in [-0.05, 0) is 19.1 Å². The molecule has 157 valence electrons. The van der Waals surface area contributed by atoms with Gasteiger partial charge in [-0.15, -0.1) is 0 Å². The summed E-state index contributed by atoms with van der Waals surface area (Å²) in [6, 6.07) is 0.595. The van der Waals surface area contributed by atoms with Crippen molar-refractivity contribution >= 4 is 5.78 Å². The fourth-order valence-electron chi connectivity index (χ4n) is 2.51. The molecule has 0 fully saturated rings. The first-order valence-electron chi connectivity index (χ1n) is 7.35. The van der Waals surface area contributed by atoms with Crippen LogP contribution in [-0.2, 0) is 17.1 Å². The van der Waals surface area contributed by atoms with E-state index in [1.807, 2.05) is 0 Å². The zero-order valence-corrected chi connectivity index (χ0v) is 14.9. The van der Waals surface area contributed by atoms with E-state index < -0.39 is 74.9 Å². The maximum atomic E-state index is 13.9.